The molecule has 0 aromatic heterocycles. The van der Waals surface area contributed by atoms with Gasteiger partial charge in [-0.05, 0) is 30.4 Å². The van der Waals surface area contributed by atoms with Crippen molar-refractivity contribution < 1.29 is 4.79 Å². The molecule has 1 heterocycles. The highest BCUT2D eigenvalue weighted by Gasteiger charge is 2.52. The van der Waals surface area contributed by atoms with E-state index in [0.717, 1.165) is 37.3 Å². The van der Waals surface area contributed by atoms with Crippen LogP contribution in [0, 0.1) is 11.3 Å². The molecule has 96 valence electrons. The fourth-order valence-corrected chi connectivity index (χ4v) is 2.74. The SMILES string of the molecule is CC1(C)CC1C(=O)N1CCCNc2ccccc21. The lowest BCUT2D eigenvalue weighted by atomic mass is 10.1. The Labute approximate surface area is 108 Å². The molecular formula is C15H20N2O. The first kappa shape index (κ1) is 11.6. The van der Waals surface area contributed by atoms with Gasteiger partial charge >= 0.3 is 0 Å². The molecule has 1 aliphatic heterocycles. The summed E-state index contributed by atoms with van der Waals surface area (Å²) >= 11 is 0. The lowest BCUT2D eigenvalue weighted by Gasteiger charge is -2.23. The van der Waals surface area contributed by atoms with Gasteiger partial charge in [0, 0.05) is 19.0 Å². The first-order valence-electron chi connectivity index (χ1n) is 6.74. The van der Waals surface area contributed by atoms with E-state index in [1.54, 1.807) is 0 Å². The van der Waals surface area contributed by atoms with Crippen molar-refractivity contribution >= 4 is 17.3 Å². The van der Waals surface area contributed by atoms with E-state index in [1.165, 1.54) is 0 Å². The van der Waals surface area contributed by atoms with Crippen molar-refractivity contribution in [2.75, 3.05) is 23.3 Å². The van der Waals surface area contributed by atoms with Crippen LogP contribution in [0.25, 0.3) is 0 Å². The first-order chi connectivity index (χ1) is 8.59. The third-order valence-corrected chi connectivity index (χ3v) is 4.15. The minimum absolute atomic E-state index is 0.200. The Kier molecular flexibility index (Phi) is 2.58. The molecular weight excluding hydrogens is 224 g/mol. The molecule has 18 heavy (non-hydrogen) atoms. The highest BCUT2D eigenvalue weighted by atomic mass is 16.2. The lowest BCUT2D eigenvalue weighted by Crippen LogP contribution is -2.33. The summed E-state index contributed by atoms with van der Waals surface area (Å²) < 4.78 is 0. The monoisotopic (exact) mass is 244 g/mol. The third kappa shape index (κ3) is 1.88. The average molecular weight is 244 g/mol. The fourth-order valence-electron chi connectivity index (χ4n) is 2.74. The lowest BCUT2D eigenvalue weighted by molar-refractivity contribution is -0.120. The third-order valence-electron chi connectivity index (χ3n) is 4.15. The van der Waals surface area contributed by atoms with E-state index in [0.29, 0.717) is 5.91 Å². The number of hydrogen-bond acceptors (Lipinski definition) is 2. The zero-order chi connectivity index (χ0) is 12.8. The van der Waals surface area contributed by atoms with Gasteiger partial charge < -0.3 is 10.2 Å². The summed E-state index contributed by atoms with van der Waals surface area (Å²) in [6.07, 6.45) is 2.03. The number of benzene rings is 1. The number of nitrogens with one attached hydrogen (secondary N) is 1. The number of anilines is 2. The molecule has 3 rings (SSSR count). The highest BCUT2D eigenvalue weighted by Crippen LogP contribution is 2.53. The molecule has 3 nitrogen and oxygen atoms in total. The minimum Gasteiger partial charge on any atom is -0.383 e. The normalized spacial score (nSPS) is 24.8. The number of nitrogens with zero attached hydrogens (tertiary/aromatic N) is 1. The standard InChI is InChI=1S/C15H20N2O/c1-15(2)10-11(15)14(18)17-9-5-8-16-12-6-3-4-7-13(12)17/h3-4,6-7,11,16H,5,8-10H2,1-2H3. The zero-order valence-electron chi connectivity index (χ0n) is 11.1. The molecule has 0 bridgehead atoms. The Morgan fingerprint density at radius 2 is 2.11 bits per heavy atom. The van der Waals surface area contributed by atoms with E-state index >= 15 is 0 Å². The number of carbonyl (C=O) groups is 1. The topological polar surface area (TPSA) is 32.3 Å². The van der Waals surface area contributed by atoms with Crippen LogP contribution in [-0.4, -0.2) is 19.0 Å². The summed E-state index contributed by atoms with van der Waals surface area (Å²) in [5.74, 6) is 0.514. The van der Waals surface area contributed by atoms with Crippen LogP contribution in [-0.2, 0) is 4.79 Å². The largest absolute Gasteiger partial charge is 0.383 e. The quantitative estimate of drug-likeness (QED) is 0.824. The van der Waals surface area contributed by atoms with Gasteiger partial charge in [-0.25, -0.2) is 0 Å². The summed E-state index contributed by atoms with van der Waals surface area (Å²) in [6, 6.07) is 8.12. The van der Waals surface area contributed by atoms with Gasteiger partial charge in [-0.2, -0.15) is 0 Å². The molecule has 1 aromatic carbocycles. The summed E-state index contributed by atoms with van der Waals surface area (Å²) in [4.78, 5) is 14.6. The van der Waals surface area contributed by atoms with Crippen molar-refractivity contribution in [1.82, 2.24) is 0 Å². The number of para-hydroxylation sites is 2. The molecule has 3 heteroatoms. The number of carbonyl (C=O) groups excluding carboxylic acids is 1. The van der Waals surface area contributed by atoms with Crippen LogP contribution in [0.5, 0.6) is 0 Å². The Morgan fingerprint density at radius 1 is 1.39 bits per heavy atom. The Bertz CT molecular complexity index is 481. The molecule has 0 radical (unpaired) electrons. The van der Waals surface area contributed by atoms with Crippen LogP contribution in [0.15, 0.2) is 24.3 Å². The van der Waals surface area contributed by atoms with Crippen molar-refractivity contribution in [3.05, 3.63) is 24.3 Å². The second kappa shape index (κ2) is 4.01. The van der Waals surface area contributed by atoms with E-state index in [4.69, 9.17) is 0 Å². The van der Waals surface area contributed by atoms with Gasteiger partial charge in [0.1, 0.15) is 0 Å². The van der Waals surface area contributed by atoms with Crippen molar-refractivity contribution in [1.29, 1.82) is 0 Å². The van der Waals surface area contributed by atoms with Crippen LogP contribution in [0.2, 0.25) is 0 Å². The van der Waals surface area contributed by atoms with E-state index in [9.17, 15) is 4.79 Å². The second-order valence-corrected chi connectivity index (χ2v) is 6.03. The number of fused-ring (bicyclic) bond motifs is 1. The van der Waals surface area contributed by atoms with E-state index in [-0.39, 0.29) is 11.3 Å². The number of hydrogen-bond donors (Lipinski definition) is 1. The molecule has 1 unspecified atom stereocenters. The van der Waals surface area contributed by atoms with Gasteiger partial charge in [-0.15, -0.1) is 0 Å². The van der Waals surface area contributed by atoms with Crippen molar-refractivity contribution in [2.24, 2.45) is 11.3 Å². The van der Waals surface area contributed by atoms with Crippen molar-refractivity contribution in [2.45, 2.75) is 26.7 Å². The van der Waals surface area contributed by atoms with Gasteiger partial charge in [0.25, 0.3) is 0 Å². The maximum atomic E-state index is 12.6. The molecule has 1 aromatic rings. The van der Waals surface area contributed by atoms with Gasteiger partial charge in [0.2, 0.25) is 5.91 Å². The maximum absolute atomic E-state index is 12.6. The predicted molar refractivity (Wildman–Crippen MR) is 73.8 cm³/mol. The second-order valence-electron chi connectivity index (χ2n) is 6.03. The van der Waals surface area contributed by atoms with Crippen LogP contribution in [0.3, 0.4) is 0 Å². The van der Waals surface area contributed by atoms with Crippen LogP contribution < -0.4 is 10.2 Å². The number of amides is 1. The van der Waals surface area contributed by atoms with Crippen LogP contribution >= 0.6 is 0 Å². The summed E-state index contributed by atoms with van der Waals surface area (Å²) in [7, 11) is 0. The van der Waals surface area contributed by atoms with Gasteiger partial charge in [0.05, 0.1) is 11.4 Å². The molecule has 1 saturated carbocycles. The van der Waals surface area contributed by atoms with Gasteiger partial charge in [0.15, 0.2) is 0 Å². The predicted octanol–water partition coefficient (Wildman–Crippen LogP) is 2.88. The van der Waals surface area contributed by atoms with E-state index in [1.807, 2.05) is 23.1 Å². The molecule has 1 aliphatic carbocycles. The van der Waals surface area contributed by atoms with Crippen molar-refractivity contribution in [3.63, 3.8) is 0 Å². The van der Waals surface area contributed by atoms with E-state index in [2.05, 4.69) is 25.2 Å². The summed E-state index contributed by atoms with van der Waals surface area (Å²) in [5, 5.41) is 3.40. The molecule has 1 atom stereocenters. The molecule has 1 amide bonds. The molecule has 1 N–H and O–H groups in total. The zero-order valence-corrected chi connectivity index (χ0v) is 11.1. The van der Waals surface area contributed by atoms with E-state index < -0.39 is 0 Å². The Hall–Kier alpha value is -1.51. The maximum Gasteiger partial charge on any atom is 0.230 e. The van der Waals surface area contributed by atoms with Gasteiger partial charge in [-0.3, -0.25) is 4.79 Å². The van der Waals surface area contributed by atoms with Gasteiger partial charge in [-0.1, -0.05) is 26.0 Å². The molecule has 1 fully saturated rings. The van der Waals surface area contributed by atoms with Crippen molar-refractivity contribution in [3.8, 4) is 0 Å². The molecule has 0 spiro atoms. The minimum atomic E-state index is 0.200. The van der Waals surface area contributed by atoms with Crippen LogP contribution in [0.1, 0.15) is 26.7 Å². The average Bonchev–Trinajstić information content (AvgIpc) is 3.04. The summed E-state index contributed by atoms with van der Waals surface area (Å²) in [6.45, 7) is 6.12. The molecule has 2 aliphatic rings. The first-order valence-corrected chi connectivity index (χ1v) is 6.74. The Morgan fingerprint density at radius 3 is 2.83 bits per heavy atom. The highest BCUT2D eigenvalue weighted by molar-refractivity contribution is 6.00. The molecule has 0 saturated heterocycles. The number of rotatable bonds is 1. The van der Waals surface area contributed by atoms with Crippen LogP contribution in [0.4, 0.5) is 11.4 Å². The Balaban J connectivity index is 1.90. The summed E-state index contributed by atoms with van der Waals surface area (Å²) in [5.41, 5.74) is 2.33. The fraction of sp³-hybridized carbons (Fsp3) is 0.533. The smallest absolute Gasteiger partial charge is 0.230 e.